The minimum absolute atomic E-state index is 0.00815. The standard InChI is InChI=1S/C21H25F3N6O2/c1-28-17-16(18(31)29(2)20(28)32)30(11-12-7-3-4-8-13(12)21(22,23)24)19(27-17)26-15-10-6-5-9-14(15)25/h3-4,7-8,14-15H,5-6,9-11,25H2,1-2H3,(H,26,27)/t14-,15-/m0/s1. The van der Waals surface area contributed by atoms with Crippen LogP contribution in [0, 0.1) is 0 Å². The minimum atomic E-state index is -4.55. The maximum absolute atomic E-state index is 13.6. The number of hydrogen-bond acceptors (Lipinski definition) is 5. The first kappa shape index (κ1) is 22.1. The van der Waals surface area contributed by atoms with E-state index in [1.165, 1.54) is 41.4 Å². The van der Waals surface area contributed by atoms with Crippen LogP contribution in [-0.4, -0.2) is 30.8 Å². The predicted octanol–water partition coefficient (Wildman–Crippen LogP) is 2.18. The first-order valence-corrected chi connectivity index (χ1v) is 10.4. The molecule has 3 N–H and O–H groups in total. The van der Waals surface area contributed by atoms with Crippen molar-refractivity contribution in [3.8, 4) is 0 Å². The van der Waals surface area contributed by atoms with Crippen molar-refractivity contribution in [2.75, 3.05) is 5.32 Å². The molecule has 2 atom stereocenters. The summed E-state index contributed by atoms with van der Waals surface area (Å²) in [5, 5.41) is 3.24. The van der Waals surface area contributed by atoms with Crippen molar-refractivity contribution in [2.24, 2.45) is 19.8 Å². The predicted molar refractivity (Wildman–Crippen MR) is 115 cm³/mol. The van der Waals surface area contributed by atoms with Gasteiger partial charge in [-0.3, -0.25) is 18.5 Å². The van der Waals surface area contributed by atoms with E-state index in [0.717, 1.165) is 36.3 Å². The summed E-state index contributed by atoms with van der Waals surface area (Å²) < 4.78 is 44.4. The third-order valence-electron chi connectivity index (χ3n) is 6.13. The molecule has 0 unspecified atom stereocenters. The molecule has 1 aromatic carbocycles. The van der Waals surface area contributed by atoms with Crippen molar-refractivity contribution in [3.05, 3.63) is 56.2 Å². The first-order valence-electron chi connectivity index (χ1n) is 10.4. The van der Waals surface area contributed by atoms with Gasteiger partial charge in [0, 0.05) is 26.2 Å². The maximum Gasteiger partial charge on any atom is 0.416 e. The summed E-state index contributed by atoms with van der Waals surface area (Å²) >= 11 is 0. The number of imidazole rings is 1. The van der Waals surface area contributed by atoms with Crippen LogP contribution in [0.1, 0.15) is 36.8 Å². The zero-order valence-electron chi connectivity index (χ0n) is 17.8. The number of nitrogens with zero attached hydrogens (tertiary/aromatic N) is 4. The number of hydrogen-bond donors (Lipinski definition) is 2. The molecule has 2 heterocycles. The molecule has 1 fully saturated rings. The summed E-state index contributed by atoms with van der Waals surface area (Å²) in [6.07, 6.45) is -0.994. The van der Waals surface area contributed by atoms with Crippen molar-refractivity contribution in [3.63, 3.8) is 0 Å². The van der Waals surface area contributed by atoms with Gasteiger partial charge in [0.25, 0.3) is 5.56 Å². The van der Waals surface area contributed by atoms with E-state index in [1.54, 1.807) is 0 Å². The first-order chi connectivity index (χ1) is 15.1. The Morgan fingerprint density at radius 2 is 1.81 bits per heavy atom. The monoisotopic (exact) mass is 450 g/mol. The number of alkyl halides is 3. The molecule has 4 rings (SSSR count). The molecule has 0 saturated heterocycles. The number of fused-ring (bicyclic) bond motifs is 1. The smallest absolute Gasteiger partial charge is 0.351 e. The molecule has 8 nitrogen and oxygen atoms in total. The average molecular weight is 450 g/mol. The zero-order chi connectivity index (χ0) is 23.2. The maximum atomic E-state index is 13.6. The molecule has 1 aliphatic rings. The fraction of sp³-hybridized carbons (Fsp3) is 0.476. The summed E-state index contributed by atoms with van der Waals surface area (Å²) in [4.78, 5) is 29.8. The lowest BCUT2D eigenvalue weighted by Gasteiger charge is -2.29. The number of benzene rings is 1. The third-order valence-corrected chi connectivity index (χ3v) is 6.13. The molecule has 11 heteroatoms. The molecule has 0 amide bonds. The average Bonchev–Trinajstić information content (AvgIpc) is 3.10. The molecule has 32 heavy (non-hydrogen) atoms. The molecule has 0 radical (unpaired) electrons. The number of halogens is 3. The quantitative estimate of drug-likeness (QED) is 0.635. The molecule has 0 spiro atoms. The van der Waals surface area contributed by atoms with Gasteiger partial charge in [0.15, 0.2) is 11.2 Å². The highest BCUT2D eigenvalue weighted by atomic mass is 19.4. The summed E-state index contributed by atoms with van der Waals surface area (Å²) in [5.74, 6) is 0.220. The van der Waals surface area contributed by atoms with Crippen LogP contribution >= 0.6 is 0 Å². The van der Waals surface area contributed by atoms with Gasteiger partial charge in [0.1, 0.15) is 0 Å². The van der Waals surface area contributed by atoms with Crippen LogP contribution in [0.25, 0.3) is 11.2 Å². The van der Waals surface area contributed by atoms with Crippen LogP contribution in [-0.2, 0) is 26.8 Å². The number of rotatable bonds is 4. The Morgan fingerprint density at radius 3 is 2.50 bits per heavy atom. The van der Waals surface area contributed by atoms with E-state index in [0.29, 0.717) is 0 Å². The number of nitrogens with two attached hydrogens (primary N) is 1. The molecule has 2 aromatic heterocycles. The van der Waals surface area contributed by atoms with Crippen LogP contribution in [0.3, 0.4) is 0 Å². The van der Waals surface area contributed by atoms with Crippen LogP contribution in [0.5, 0.6) is 0 Å². The molecule has 3 aromatic rings. The van der Waals surface area contributed by atoms with Crippen molar-refractivity contribution in [1.29, 1.82) is 0 Å². The normalized spacial score (nSPS) is 19.4. The number of nitrogens with one attached hydrogen (secondary N) is 1. The van der Waals surface area contributed by atoms with Crippen molar-refractivity contribution >= 4 is 17.1 Å². The minimum Gasteiger partial charge on any atom is -0.351 e. The Morgan fingerprint density at radius 1 is 1.12 bits per heavy atom. The fourth-order valence-corrected chi connectivity index (χ4v) is 4.32. The summed E-state index contributed by atoms with van der Waals surface area (Å²) in [6.45, 7) is -0.246. The van der Waals surface area contributed by atoms with Crippen molar-refractivity contribution < 1.29 is 13.2 Å². The lowest BCUT2D eigenvalue weighted by molar-refractivity contribution is -0.138. The second-order valence-electron chi connectivity index (χ2n) is 8.25. The number of anilines is 1. The molecular formula is C21H25F3N6O2. The molecule has 1 aliphatic carbocycles. The van der Waals surface area contributed by atoms with Gasteiger partial charge in [-0.1, -0.05) is 31.0 Å². The molecule has 0 bridgehead atoms. The van der Waals surface area contributed by atoms with E-state index in [4.69, 9.17) is 5.73 Å². The molecular weight excluding hydrogens is 425 g/mol. The highest BCUT2D eigenvalue weighted by Gasteiger charge is 2.34. The highest BCUT2D eigenvalue weighted by Crippen LogP contribution is 2.33. The SMILES string of the molecule is Cn1c(=O)c2c(nc(N[C@H]3CCCC[C@@H]3N)n2Cc2ccccc2C(F)(F)F)n(C)c1=O. The lowest BCUT2D eigenvalue weighted by atomic mass is 9.91. The van der Waals surface area contributed by atoms with Gasteiger partial charge in [-0.15, -0.1) is 0 Å². The van der Waals surface area contributed by atoms with E-state index in [9.17, 15) is 22.8 Å². The van der Waals surface area contributed by atoms with E-state index >= 15 is 0 Å². The van der Waals surface area contributed by atoms with Crippen molar-refractivity contribution in [1.82, 2.24) is 18.7 Å². The Labute approximate surface area is 181 Å². The largest absolute Gasteiger partial charge is 0.416 e. The van der Waals surface area contributed by atoms with E-state index in [-0.39, 0.29) is 41.3 Å². The lowest BCUT2D eigenvalue weighted by Crippen LogP contribution is -2.43. The fourth-order valence-electron chi connectivity index (χ4n) is 4.32. The Hall–Kier alpha value is -3.08. The summed E-state index contributed by atoms with van der Waals surface area (Å²) in [7, 11) is 2.80. The second kappa shape index (κ2) is 8.12. The van der Waals surface area contributed by atoms with Gasteiger partial charge in [-0.2, -0.15) is 18.2 Å². The van der Waals surface area contributed by atoms with Crippen LogP contribution in [0.15, 0.2) is 33.9 Å². The Balaban J connectivity index is 1.92. The third kappa shape index (κ3) is 3.81. The van der Waals surface area contributed by atoms with E-state index in [1.807, 2.05) is 0 Å². The topological polar surface area (TPSA) is 99.9 Å². The molecule has 0 aliphatic heterocycles. The summed E-state index contributed by atoms with van der Waals surface area (Å²) in [5.41, 5.74) is 4.42. The van der Waals surface area contributed by atoms with E-state index in [2.05, 4.69) is 10.3 Å². The van der Waals surface area contributed by atoms with Crippen LogP contribution in [0.4, 0.5) is 19.1 Å². The van der Waals surface area contributed by atoms with Crippen LogP contribution in [0.2, 0.25) is 0 Å². The van der Waals surface area contributed by atoms with Crippen LogP contribution < -0.4 is 22.3 Å². The van der Waals surface area contributed by atoms with Gasteiger partial charge in [-0.05, 0) is 24.5 Å². The molecule has 172 valence electrons. The van der Waals surface area contributed by atoms with Gasteiger partial charge in [0.2, 0.25) is 5.95 Å². The van der Waals surface area contributed by atoms with E-state index < -0.39 is 23.0 Å². The second-order valence-corrected chi connectivity index (χ2v) is 8.25. The van der Waals surface area contributed by atoms with Crippen molar-refractivity contribution in [2.45, 2.75) is 50.5 Å². The van der Waals surface area contributed by atoms with Gasteiger partial charge in [0.05, 0.1) is 12.1 Å². The van der Waals surface area contributed by atoms with Gasteiger partial charge < -0.3 is 11.1 Å². The summed E-state index contributed by atoms with van der Waals surface area (Å²) in [6, 6.07) is 4.93. The van der Waals surface area contributed by atoms with Gasteiger partial charge in [-0.25, -0.2) is 4.79 Å². The Kier molecular flexibility index (Phi) is 5.61. The number of aryl methyl sites for hydroxylation is 1. The highest BCUT2D eigenvalue weighted by molar-refractivity contribution is 5.74. The number of aromatic nitrogens is 4. The Bertz CT molecular complexity index is 1270. The molecule has 1 saturated carbocycles. The van der Waals surface area contributed by atoms with Gasteiger partial charge >= 0.3 is 11.9 Å². The zero-order valence-corrected chi connectivity index (χ0v) is 17.8.